The summed E-state index contributed by atoms with van der Waals surface area (Å²) in [5.41, 5.74) is 2.59. The molecule has 0 saturated heterocycles. The SMILES string of the molecule is CCC(N[C@@H](C)c1ccc(Br)cc1)c1ccc(OC)cc1. The zero-order valence-electron chi connectivity index (χ0n) is 12.8. The second-order valence-corrected chi connectivity index (χ2v) is 6.09. The van der Waals surface area contributed by atoms with Gasteiger partial charge in [-0.3, -0.25) is 0 Å². The van der Waals surface area contributed by atoms with Gasteiger partial charge < -0.3 is 10.1 Å². The van der Waals surface area contributed by atoms with Gasteiger partial charge in [-0.1, -0.05) is 47.1 Å². The van der Waals surface area contributed by atoms with Crippen molar-refractivity contribution in [3.8, 4) is 5.75 Å². The number of halogens is 1. The van der Waals surface area contributed by atoms with E-state index in [0.717, 1.165) is 16.6 Å². The Morgan fingerprint density at radius 1 is 1.00 bits per heavy atom. The van der Waals surface area contributed by atoms with Gasteiger partial charge in [0.25, 0.3) is 0 Å². The van der Waals surface area contributed by atoms with E-state index in [-0.39, 0.29) is 0 Å². The van der Waals surface area contributed by atoms with Crippen LogP contribution in [-0.2, 0) is 0 Å². The largest absolute Gasteiger partial charge is 0.497 e. The fraction of sp³-hybridized carbons (Fsp3) is 0.333. The van der Waals surface area contributed by atoms with E-state index in [1.807, 2.05) is 12.1 Å². The number of hydrogen-bond donors (Lipinski definition) is 1. The monoisotopic (exact) mass is 347 g/mol. The van der Waals surface area contributed by atoms with E-state index in [4.69, 9.17) is 4.74 Å². The lowest BCUT2D eigenvalue weighted by Crippen LogP contribution is -2.24. The summed E-state index contributed by atoms with van der Waals surface area (Å²) in [5.74, 6) is 0.898. The summed E-state index contributed by atoms with van der Waals surface area (Å²) in [5, 5.41) is 3.70. The topological polar surface area (TPSA) is 21.3 Å². The van der Waals surface area contributed by atoms with Crippen LogP contribution in [0.2, 0.25) is 0 Å². The third-order valence-electron chi connectivity index (χ3n) is 3.75. The van der Waals surface area contributed by atoms with E-state index in [9.17, 15) is 0 Å². The van der Waals surface area contributed by atoms with Crippen molar-refractivity contribution >= 4 is 15.9 Å². The summed E-state index contributed by atoms with van der Waals surface area (Å²) in [6.45, 7) is 4.41. The van der Waals surface area contributed by atoms with Gasteiger partial charge in [-0.25, -0.2) is 0 Å². The van der Waals surface area contributed by atoms with Gasteiger partial charge in [0.15, 0.2) is 0 Å². The lowest BCUT2D eigenvalue weighted by atomic mass is 10.0. The first-order valence-electron chi connectivity index (χ1n) is 7.29. The van der Waals surface area contributed by atoms with Crippen LogP contribution in [0.1, 0.15) is 43.5 Å². The molecule has 0 aliphatic rings. The Hall–Kier alpha value is -1.32. The van der Waals surface area contributed by atoms with Gasteiger partial charge in [0.1, 0.15) is 5.75 Å². The number of benzene rings is 2. The Labute approximate surface area is 135 Å². The maximum Gasteiger partial charge on any atom is 0.118 e. The van der Waals surface area contributed by atoms with Crippen molar-refractivity contribution in [3.05, 3.63) is 64.1 Å². The van der Waals surface area contributed by atoms with Crippen LogP contribution < -0.4 is 10.1 Å². The fourth-order valence-corrected chi connectivity index (χ4v) is 2.70. The minimum atomic E-state index is 0.310. The molecule has 0 amide bonds. The Morgan fingerprint density at radius 2 is 1.57 bits per heavy atom. The Balaban J connectivity index is 2.08. The first-order chi connectivity index (χ1) is 10.1. The average molecular weight is 348 g/mol. The molecule has 1 unspecified atom stereocenters. The summed E-state index contributed by atoms with van der Waals surface area (Å²) in [6.07, 6.45) is 1.05. The zero-order valence-corrected chi connectivity index (χ0v) is 14.4. The molecule has 0 heterocycles. The van der Waals surface area contributed by atoms with Crippen molar-refractivity contribution in [2.45, 2.75) is 32.4 Å². The summed E-state index contributed by atoms with van der Waals surface area (Å²) in [6, 6.07) is 17.4. The third kappa shape index (κ3) is 4.32. The molecule has 0 aliphatic heterocycles. The predicted octanol–water partition coefficient (Wildman–Crippen LogP) is 5.26. The number of nitrogens with one attached hydrogen (secondary N) is 1. The molecule has 1 N–H and O–H groups in total. The van der Waals surface area contributed by atoms with E-state index in [0.29, 0.717) is 12.1 Å². The molecule has 2 atom stereocenters. The molecule has 0 fully saturated rings. The zero-order chi connectivity index (χ0) is 15.2. The van der Waals surface area contributed by atoms with Gasteiger partial charge in [0.2, 0.25) is 0 Å². The van der Waals surface area contributed by atoms with Crippen LogP contribution in [0.3, 0.4) is 0 Å². The lowest BCUT2D eigenvalue weighted by Gasteiger charge is -2.23. The molecular weight excluding hydrogens is 326 g/mol. The van der Waals surface area contributed by atoms with Crippen LogP contribution in [0.5, 0.6) is 5.75 Å². The minimum Gasteiger partial charge on any atom is -0.497 e. The van der Waals surface area contributed by atoms with Crippen molar-refractivity contribution in [3.63, 3.8) is 0 Å². The smallest absolute Gasteiger partial charge is 0.118 e. The molecular formula is C18H22BrNO. The van der Waals surface area contributed by atoms with E-state index < -0.39 is 0 Å². The fourth-order valence-electron chi connectivity index (χ4n) is 2.44. The second-order valence-electron chi connectivity index (χ2n) is 5.17. The Bertz CT molecular complexity index is 550. The van der Waals surface area contributed by atoms with Crippen molar-refractivity contribution in [2.75, 3.05) is 7.11 Å². The van der Waals surface area contributed by atoms with Gasteiger partial charge in [-0.05, 0) is 48.7 Å². The van der Waals surface area contributed by atoms with Crippen LogP contribution >= 0.6 is 15.9 Å². The summed E-state index contributed by atoms with van der Waals surface area (Å²) >= 11 is 3.48. The molecule has 0 radical (unpaired) electrons. The molecule has 2 rings (SSSR count). The predicted molar refractivity (Wildman–Crippen MR) is 91.7 cm³/mol. The number of hydrogen-bond acceptors (Lipinski definition) is 2. The van der Waals surface area contributed by atoms with Crippen molar-refractivity contribution in [1.29, 1.82) is 0 Å². The van der Waals surface area contributed by atoms with Crippen LogP contribution in [0.4, 0.5) is 0 Å². The third-order valence-corrected chi connectivity index (χ3v) is 4.28. The van der Waals surface area contributed by atoms with Crippen LogP contribution in [0.25, 0.3) is 0 Å². The van der Waals surface area contributed by atoms with Crippen LogP contribution in [0.15, 0.2) is 53.0 Å². The molecule has 112 valence electrons. The molecule has 2 aromatic rings. The van der Waals surface area contributed by atoms with Gasteiger partial charge in [-0.15, -0.1) is 0 Å². The molecule has 0 bridgehead atoms. The Morgan fingerprint density at radius 3 is 2.10 bits per heavy atom. The van der Waals surface area contributed by atoms with Gasteiger partial charge in [-0.2, -0.15) is 0 Å². The number of ether oxygens (including phenoxy) is 1. The maximum atomic E-state index is 5.22. The minimum absolute atomic E-state index is 0.310. The number of methoxy groups -OCH3 is 1. The summed E-state index contributed by atoms with van der Waals surface area (Å²) in [4.78, 5) is 0. The molecule has 3 heteroatoms. The molecule has 2 aromatic carbocycles. The highest BCUT2D eigenvalue weighted by molar-refractivity contribution is 9.10. The van der Waals surface area contributed by atoms with E-state index in [2.05, 4.69) is 71.5 Å². The van der Waals surface area contributed by atoms with Crippen molar-refractivity contribution in [2.24, 2.45) is 0 Å². The molecule has 21 heavy (non-hydrogen) atoms. The van der Waals surface area contributed by atoms with E-state index in [1.165, 1.54) is 11.1 Å². The quantitative estimate of drug-likeness (QED) is 0.769. The highest BCUT2D eigenvalue weighted by atomic mass is 79.9. The van der Waals surface area contributed by atoms with Crippen LogP contribution in [0, 0.1) is 0 Å². The van der Waals surface area contributed by atoms with Gasteiger partial charge >= 0.3 is 0 Å². The van der Waals surface area contributed by atoms with Crippen LogP contribution in [-0.4, -0.2) is 7.11 Å². The van der Waals surface area contributed by atoms with E-state index in [1.54, 1.807) is 7.11 Å². The van der Waals surface area contributed by atoms with Crippen molar-refractivity contribution < 1.29 is 4.74 Å². The molecule has 0 aromatic heterocycles. The van der Waals surface area contributed by atoms with Crippen molar-refractivity contribution in [1.82, 2.24) is 5.32 Å². The second kappa shape index (κ2) is 7.62. The highest BCUT2D eigenvalue weighted by Gasteiger charge is 2.13. The average Bonchev–Trinajstić information content (AvgIpc) is 2.53. The normalized spacial score (nSPS) is 13.7. The molecule has 0 spiro atoms. The first kappa shape index (κ1) is 16.1. The molecule has 2 nitrogen and oxygen atoms in total. The van der Waals surface area contributed by atoms with E-state index >= 15 is 0 Å². The molecule has 0 saturated carbocycles. The van der Waals surface area contributed by atoms with Gasteiger partial charge in [0.05, 0.1) is 7.11 Å². The first-order valence-corrected chi connectivity index (χ1v) is 8.08. The number of rotatable bonds is 6. The Kier molecular flexibility index (Phi) is 5.83. The summed E-state index contributed by atoms with van der Waals surface area (Å²) in [7, 11) is 1.69. The lowest BCUT2D eigenvalue weighted by molar-refractivity contribution is 0.413. The standard InChI is InChI=1S/C18H22BrNO/c1-4-18(15-7-11-17(21-3)12-8-15)20-13(2)14-5-9-16(19)10-6-14/h5-13,18,20H,4H2,1-3H3/t13-,18?/m0/s1. The molecule has 0 aliphatic carbocycles. The van der Waals surface area contributed by atoms with Gasteiger partial charge in [0, 0.05) is 16.6 Å². The highest BCUT2D eigenvalue weighted by Crippen LogP contribution is 2.24. The maximum absolute atomic E-state index is 5.22. The summed E-state index contributed by atoms with van der Waals surface area (Å²) < 4.78 is 6.33.